The molecular formula is C21H25N3O3S2. The molecule has 1 saturated heterocycles. The van der Waals surface area contributed by atoms with Crippen LogP contribution < -0.4 is 10.6 Å². The number of aryl methyl sites for hydroxylation is 1. The van der Waals surface area contributed by atoms with Crippen LogP contribution in [0, 0.1) is 12.8 Å². The van der Waals surface area contributed by atoms with Crippen molar-refractivity contribution in [1.82, 2.24) is 9.62 Å². The van der Waals surface area contributed by atoms with Gasteiger partial charge in [-0.05, 0) is 74.3 Å². The Kier molecular flexibility index (Phi) is 6.66. The molecule has 29 heavy (non-hydrogen) atoms. The van der Waals surface area contributed by atoms with E-state index in [1.807, 2.05) is 19.1 Å². The first-order chi connectivity index (χ1) is 13.8. The lowest BCUT2D eigenvalue weighted by Crippen LogP contribution is -2.37. The first-order valence-corrected chi connectivity index (χ1v) is 11.4. The molecule has 0 atom stereocenters. The molecule has 0 aromatic heterocycles. The van der Waals surface area contributed by atoms with E-state index >= 15 is 0 Å². The molecule has 0 radical (unpaired) electrons. The lowest BCUT2D eigenvalue weighted by atomic mass is 10.0. The monoisotopic (exact) mass is 431 g/mol. The van der Waals surface area contributed by atoms with Gasteiger partial charge in [0.25, 0.3) is 5.91 Å². The van der Waals surface area contributed by atoms with Crippen molar-refractivity contribution in [3.8, 4) is 0 Å². The van der Waals surface area contributed by atoms with Gasteiger partial charge in [0.15, 0.2) is 5.11 Å². The Balaban J connectivity index is 1.60. The fourth-order valence-electron chi connectivity index (χ4n) is 3.13. The molecule has 0 saturated carbocycles. The Hall–Kier alpha value is -2.29. The minimum absolute atomic E-state index is 0.149. The smallest absolute Gasteiger partial charge is 0.257 e. The zero-order chi connectivity index (χ0) is 21.0. The number of nitrogens with one attached hydrogen (secondary N) is 2. The number of thiocarbonyl (C=S) groups is 1. The molecule has 1 amide bonds. The highest BCUT2D eigenvalue weighted by Gasteiger charge is 2.27. The van der Waals surface area contributed by atoms with Crippen molar-refractivity contribution in [2.24, 2.45) is 5.92 Å². The lowest BCUT2D eigenvalue weighted by molar-refractivity contribution is 0.0977. The predicted molar refractivity (Wildman–Crippen MR) is 118 cm³/mol. The van der Waals surface area contributed by atoms with E-state index in [0.29, 0.717) is 30.3 Å². The number of piperidine rings is 1. The van der Waals surface area contributed by atoms with Gasteiger partial charge in [0.1, 0.15) is 0 Å². The number of hydrogen-bond acceptors (Lipinski definition) is 4. The van der Waals surface area contributed by atoms with Crippen LogP contribution in [0.15, 0.2) is 53.4 Å². The van der Waals surface area contributed by atoms with Gasteiger partial charge in [0.2, 0.25) is 10.0 Å². The molecule has 1 heterocycles. The van der Waals surface area contributed by atoms with E-state index in [1.165, 1.54) is 0 Å². The van der Waals surface area contributed by atoms with Crippen molar-refractivity contribution in [3.05, 3.63) is 59.7 Å². The van der Waals surface area contributed by atoms with Crippen LogP contribution in [-0.4, -0.2) is 36.8 Å². The van der Waals surface area contributed by atoms with Crippen LogP contribution in [0.4, 0.5) is 5.69 Å². The van der Waals surface area contributed by atoms with Crippen molar-refractivity contribution in [3.63, 3.8) is 0 Å². The van der Waals surface area contributed by atoms with Crippen LogP contribution in [0.25, 0.3) is 0 Å². The molecule has 1 aliphatic rings. The van der Waals surface area contributed by atoms with Gasteiger partial charge in [-0.2, -0.15) is 4.31 Å². The zero-order valence-electron chi connectivity index (χ0n) is 16.5. The van der Waals surface area contributed by atoms with Crippen LogP contribution in [0.2, 0.25) is 0 Å². The maximum Gasteiger partial charge on any atom is 0.257 e. The zero-order valence-corrected chi connectivity index (χ0v) is 18.1. The number of benzene rings is 2. The number of rotatable bonds is 4. The summed E-state index contributed by atoms with van der Waals surface area (Å²) in [6, 6.07) is 13.6. The van der Waals surface area contributed by atoms with E-state index in [1.54, 1.807) is 40.7 Å². The van der Waals surface area contributed by atoms with E-state index in [9.17, 15) is 13.2 Å². The van der Waals surface area contributed by atoms with Gasteiger partial charge >= 0.3 is 0 Å². The third-order valence-electron chi connectivity index (χ3n) is 5.03. The number of hydrogen-bond donors (Lipinski definition) is 2. The molecule has 154 valence electrons. The number of sulfonamides is 1. The fourth-order valence-corrected chi connectivity index (χ4v) is 4.81. The first kappa shape index (κ1) is 21.4. The Bertz CT molecular complexity index is 979. The highest BCUT2D eigenvalue weighted by molar-refractivity contribution is 7.89. The molecule has 3 rings (SSSR count). The molecule has 0 unspecified atom stereocenters. The van der Waals surface area contributed by atoms with E-state index in [4.69, 9.17) is 12.2 Å². The lowest BCUT2D eigenvalue weighted by Gasteiger charge is -2.29. The van der Waals surface area contributed by atoms with E-state index in [2.05, 4.69) is 17.6 Å². The Morgan fingerprint density at radius 2 is 1.62 bits per heavy atom. The van der Waals surface area contributed by atoms with Crippen molar-refractivity contribution in [2.45, 2.75) is 31.6 Å². The molecule has 8 heteroatoms. The standard InChI is InChI=1S/C21H25N3O3S2/c1-15-3-5-17(6-4-15)20(25)23-21(28)22-18-7-9-19(10-8-18)29(26,27)24-13-11-16(2)12-14-24/h3-10,16H,11-14H2,1-2H3,(H2,22,23,25,28). The molecule has 1 fully saturated rings. The summed E-state index contributed by atoms with van der Waals surface area (Å²) in [6.45, 7) is 5.20. The summed E-state index contributed by atoms with van der Waals surface area (Å²) < 4.78 is 27.1. The SMILES string of the molecule is Cc1ccc(C(=O)NC(=S)Nc2ccc(S(=O)(=O)N3CCC(C)CC3)cc2)cc1. The molecule has 1 aliphatic heterocycles. The number of carbonyl (C=O) groups is 1. The average Bonchev–Trinajstić information content (AvgIpc) is 2.69. The summed E-state index contributed by atoms with van der Waals surface area (Å²) >= 11 is 5.19. The van der Waals surface area contributed by atoms with Crippen LogP contribution >= 0.6 is 12.2 Å². The Morgan fingerprint density at radius 3 is 2.21 bits per heavy atom. The van der Waals surface area contributed by atoms with Gasteiger partial charge in [-0.25, -0.2) is 8.42 Å². The summed E-state index contributed by atoms with van der Waals surface area (Å²) in [4.78, 5) is 12.5. The summed E-state index contributed by atoms with van der Waals surface area (Å²) in [6.07, 6.45) is 1.77. The Morgan fingerprint density at radius 1 is 1.03 bits per heavy atom. The molecule has 6 nitrogen and oxygen atoms in total. The van der Waals surface area contributed by atoms with Gasteiger partial charge in [0, 0.05) is 24.3 Å². The topological polar surface area (TPSA) is 78.5 Å². The third-order valence-corrected chi connectivity index (χ3v) is 7.15. The van der Waals surface area contributed by atoms with Crippen LogP contribution in [0.5, 0.6) is 0 Å². The van der Waals surface area contributed by atoms with E-state index in [-0.39, 0.29) is 15.9 Å². The van der Waals surface area contributed by atoms with Crippen molar-refractivity contribution in [2.75, 3.05) is 18.4 Å². The molecule has 0 aliphatic carbocycles. The quantitative estimate of drug-likeness (QED) is 0.724. The van der Waals surface area contributed by atoms with Gasteiger partial charge in [0.05, 0.1) is 4.90 Å². The van der Waals surface area contributed by atoms with Crippen molar-refractivity contribution in [1.29, 1.82) is 0 Å². The maximum atomic E-state index is 12.8. The number of amides is 1. The summed E-state index contributed by atoms with van der Waals surface area (Å²) in [5.74, 6) is 0.255. The normalized spacial score (nSPS) is 15.7. The van der Waals surface area contributed by atoms with Crippen LogP contribution in [0.1, 0.15) is 35.7 Å². The minimum Gasteiger partial charge on any atom is -0.332 e. The first-order valence-electron chi connectivity index (χ1n) is 9.55. The molecule has 2 N–H and O–H groups in total. The molecular weight excluding hydrogens is 406 g/mol. The highest BCUT2D eigenvalue weighted by atomic mass is 32.2. The van der Waals surface area contributed by atoms with Crippen LogP contribution in [0.3, 0.4) is 0 Å². The van der Waals surface area contributed by atoms with Gasteiger partial charge < -0.3 is 5.32 Å². The molecule has 0 spiro atoms. The van der Waals surface area contributed by atoms with E-state index < -0.39 is 10.0 Å². The largest absolute Gasteiger partial charge is 0.332 e. The maximum absolute atomic E-state index is 12.8. The van der Waals surface area contributed by atoms with Gasteiger partial charge in [-0.15, -0.1) is 0 Å². The second-order valence-electron chi connectivity index (χ2n) is 7.39. The third kappa shape index (κ3) is 5.41. The molecule has 2 aromatic rings. The number of anilines is 1. The average molecular weight is 432 g/mol. The fraction of sp³-hybridized carbons (Fsp3) is 0.333. The predicted octanol–water partition coefficient (Wildman–Crippen LogP) is 3.54. The summed E-state index contributed by atoms with van der Waals surface area (Å²) in [5.41, 5.74) is 2.18. The van der Waals surface area contributed by atoms with Crippen molar-refractivity contribution < 1.29 is 13.2 Å². The second kappa shape index (κ2) is 9.02. The summed E-state index contributed by atoms with van der Waals surface area (Å²) in [5, 5.41) is 5.68. The minimum atomic E-state index is -3.49. The highest BCUT2D eigenvalue weighted by Crippen LogP contribution is 2.24. The van der Waals surface area contributed by atoms with E-state index in [0.717, 1.165) is 18.4 Å². The Labute approximate surface area is 177 Å². The number of carbonyl (C=O) groups excluding carboxylic acids is 1. The van der Waals surface area contributed by atoms with Crippen LogP contribution in [-0.2, 0) is 10.0 Å². The second-order valence-corrected chi connectivity index (χ2v) is 9.73. The van der Waals surface area contributed by atoms with Crippen molar-refractivity contribution >= 4 is 38.9 Å². The summed E-state index contributed by atoms with van der Waals surface area (Å²) in [7, 11) is -3.49. The molecule has 2 aromatic carbocycles. The van der Waals surface area contributed by atoms with Gasteiger partial charge in [-0.1, -0.05) is 24.6 Å². The van der Waals surface area contributed by atoms with Gasteiger partial charge in [-0.3, -0.25) is 10.1 Å². The number of nitrogens with zero attached hydrogens (tertiary/aromatic N) is 1. The molecule has 0 bridgehead atoms.